The smallest absolute Gasteiger partial charge is 0.159 e. The molecule has 9 nitrogen and oxygen atoms in total. The van der Waals surface area contributed by atoms with Crippen molar-refractivity contribution in [3.05, 3.63) is 59.9 Å². The van der Waals surface area contributed by atoms with Gasteiger partial charge in [0.1, 0.15) is 23.6 Å². The molecule has 0 spiro atoms. The lowest BCUT2D eigenvalue weighted by Crippen LogP contribution is -2.25. The lowest BCUT2D eigenvalue weighted by atomic mass is 10.1. The minimum atomic E-state index is 0.651. The Hall–Kier alpha value is -4.15. The van der Waals surface area contributed by atoms with Crippen molar-refractivity contribution in [2.24, 2.45) is 0 Å². The Labute approximate surface area is 216 Å². The predicted molar refractivity (Wildman–Crippen MR) is 144 cm³/mol. The molecular formula is C27H24N8OS. The first kappa shape index (κ1) is 22.1. The molecule has 7 rings (SSSR count). The fraction of sp³-hybridized carbons (Fsp3) is 0.222. The van der Waals surface area contributed by atoms with Crippen molar-refractivity contribution in [3.63, 3.8) is 0 Å². The van der Waals surface area contributed by atoms with E-state index in [9.17, 15) is 0 Å². The van der Waals surface area contributed by atoms with Crippen molar-refractivity contribution in [2.75, 3.05) is 26.2 Å². The maximum atomic E-state index is 6.00. The van der Waals surface area contributed by atoms with Crippen LogP contribution in [0.2, 0.25) is 0 Å². The first-order valence-electron chi connectivity index (χ1n) is 12.3. The van der Waals surface area contributed by atoms with Crippen LogP contribution in [-0.2, 0) is 0 Å². The summed E-state index contributed by atoms with van der Waals surface area (Å²) in [6.45, 7) is 3.91. The Morgan fingerprint density at radius 1 is 0.973 bits per heavy atom. The summed E-state index contributed by atoms with van der Waals surface area (Å²) in [7, 11) is 0. The number of likely N-dealkylation sites (tertiary alicyclic amines) is 1. The van der Waals surface area contributed by atoms with Crippen LogP contribution in [0.3, 0.4) is 0 Å². The molecule has 1 aliphatic heterocycles. The highest BCUT2D eigenvalue weighted by molar-refractivity contribution is 7.08. The molecular weight excluding hydrogens is 484 g/mol. The molecule has 10 heteroatoms. The molecule has 1 saturated heterocycles. The van der Waals surface area contributed by atoms with E-state index in [2.05, 4.69) is 51.9 Å². The van der Waals surface area contributed by atoms with E-state index in [0.717, 1.165) is 75.4 Å². The van der Waals surface area contributed by atoms with Gasteiger partial charge in [0.25, 0.3) is 0 Å². The molecule has 0 amide bonds. The summed E-state index contributed by atoms with van der Waals surface area (Å²) in [5.41, 5.74) is 7.10. The molecule has 0 unspecified atom stereocenters. The van der Waals surface area contributed by atoms with E-state index in [1.165, 1.54) is 12.8 Å². The van der Waals surface area contributed by atoms with Crippen LogP contribution in [0.5, 0.6) is 5.75 Å². The molecule has 7 heterocycles. The summed E-state index contributed by atoms with van der Waals surface area (Å²) in [6, 6.07) is 6.09. The van der Waals surface area contributed by atoms with Gasteiger partial charge in [0.05, 0.1) is 35.3 Å². The molecule has 0 aliphatic carbocycles. The minimum absolute atomic E-state index is 0.651. The second-order valence-corrected chi connectivity index (χ2v) is 9.95. The summed E-state index contributed by atoms with van der Waals surface area (Å²) in [5.74, 6) is 1.43. The van der Waals surface area contributed by atoms with Crippen LogP contribution in [-0.4, -0.2) is 66.3 Å². The second-order valence-electron chi connectivity index (χ2n) is 9.17. The van der Waals surface area contributed by atoms with Crippen LogP contribution in [0.25, 0.3) is 55.8 Å². The fourth-order valence-corrected chi connectivity index (χ4v) is 5.52. The highest BCUT2D eigenvalue weighted by Gasteiger charge is 2.17. The second kappa shape index (κ2) is 9.38. The van der Waals surface area contributed by atoms with Crippen molar-refractivity contribution in [3.8, 4) is 39.7 Å². The molecule has 1 fully saturated rings. The monoisotopic (exact) mass is 508 g/mol. The zero-order chi connectivity index (χ0) is 24.6. The zero-order valence-corrected chi connectivity index (χ0v) is 20.8. The number of rotatable bonds is 7. The Morgan fingerprint density at radius 3 is 2.78 bits per heavy atom. The Kier molecular flexibility index (Phi) is 5.60. The lowest BCUT2D eigenvalue weighted by molar-refractivity contribution is 0.237. The Morgan fingerprint density at radius 2 is 1.89 bits per heavy atom. The third kappa shape index (κ3) is 4.24. The molecule has 0 bridgehead atoms. The van der Waals surface area contributed by atoms with Gasteiger partial charge in [-0.15, -0.1) is 0 Å². The topological polar surface area (TPSA) is 108 Å². The molecule has 0 atom stereocenters. The van der Waals surface area contributed by atoms with Crippen molar-refractivity contribution in [1.82, 2.24) is 40.0 Å². The average molecular weight is 509 g/mol. The number of aromatic nitrogens is 7. The Balaban J connectivity index is 1.20. The third-order valence-corrected chi connectivity index (χ3v) is 7.46. The predicted octanol–water partition coefficient (Wildman–Crippen LogP) is 5.16. The van der Waals surface area contributed by atoms with Gasteiger partial charge in [-0.1, -0.05) is 0 Å². The van der Waals surface area contributed by atoms with Gasteiger partial charge in [0.15, 0.2) is 5.82 Å². The number of pyridine rings is 3. The van der Waals surface area contributed by atoms with E-state index < -0.39 is 0 Å². The summed E-state index contributed by atoms with van der Waals surface area (Å²) in [5, 5.41) is 12.7. The quantitative estimate of drug-likeness (QED) is 0.307. The number of hydrogen-bond donors (Lipinski definition) is 2. The molecule has 0 saturated carbocycles. The van der Waals surface area contributed by atoms with E-state index in [1.54, 1.807) is 36.1 Å². The highest BCUT2D eigenvalue weighted by atomic mass is 32.1. The van der Waals surface area contributed by atoms with Crippen LogP contribution in [0, 0.1) is 0 Å². The summed E-state index contributed by atoms with van der Waals surface area (Å²) < 4.78 is 6.00. The minimum Gasteiger partial charge on any atom is -0.491 e. The van der Waals surface area contributed by atoms with Gasteiger partial charge in [-0.25, -0.2) is 4.98 Å². The zero-order valence-electron chi connectivity index (χ0n) is 20.0. The number of thiophene rings is 1. The number of nitrogens with zero attached hydrogens (tertiary/aromatic N) is 6. The lowest BCUT2D eigenvalue weighted by Gasteiger charge is -2.15. The fourth-order valence-electron chi connectivity index (χ4n) is 4.87. The standard InChI is InChI=1S/C27H24N8OS/c1-2-5-35(4-1)6-7-36-19-9-18(11-28-12-19)22-10-20-23(15-30-22)33-34-26(20)27-31-24-14-29-13-21(25(24)32-27)17-3-8-37-16-17/h3,8-16H,1-2,4-7H2,(H,31,32)(H,33,34). The van der Waals surface area contributed by atoms with Crippen molar-refractivity contribution < 1.29 is 4.74 Å². The van der Waals surface area contributed by atoms with Gasteiger partial charge >= 0.3 is 0 Å². The Bertz CT molecular complexity index is 1680. The van der Waals surface area contributed by atoms with Gasteiger partial charge < -0.3 is 9.72 Å². The van der Waals surface area contributed by atoms with Crippen molar-refractivity contribution in [2.45, 2.75) is 12.8 Å². The van der Waals surface area contributed by atoms with Crippen molar-refractivity contribution >= 4 is 33.3 Å². The van der Waals surface area contributed by atoms with Crippen LogP contribution in [0.1, 0.15) is 12.8 Å². The molecule has 6 aromatic heterocycles. The van der Waals surface area contributed by atoms with Crippen molar-refractivity contribution in [1.29, 1.82) is 0 Å². The first-order chi connectivity index (χ1) is 18.3. The first-order valence-corrected chi connectivity index (χ1v) is 13.3. The largest absolute Gasteiger partial charge is 0.491 e. The number of fused-ring (bicyclic) bond motifs is 2. The van der Waals surface area contributed by atoms with Gasteiger partial charge in [-0.3, -0.25) is 25.0 Å². The molecule has 184 valence electrons. The summed E-state index contributed by atoms with van der Waals surface area (Å²) >= 11 is 1.65. The van der Waals surface area contributed by atoms with E-state index >= 15 is 0 Å². The molecule has 2 N–H and O–H groups in total. The van der Waals surface area contributed by atoms with Crippen LogP contribution in [0.15, 0.2) is 59.9 Å². The molecule has 6 aromatic rings. The average Bonchev–Trinajstić information content (AvgIpc) is 3.74. The number of nitrogens with one attached hydrogen (secondary N) is 2. The summed E-state index contributed by atoms with van der Waals surface area (Å²) in [4.78, 5) is 24.2. The van der Waals surface area contributed by atoms with Gasteiger partial charge in [0.2, 0.25) is 0 Å². The van der Waals surface area contributed by atoms with Crippen LogP contribution in [0.4, 0.5) is 0 Å². The number of aromatic amines is 2. The summed E-state index contributed by atoms with van der Waals surface area (Å²) in [6.07, 6.45) is 11.6. The van der Waals surface area contributed by atoms with Crippen LogP contribution >= 0.6 is 11.3 Å². The molecule has 0 aromatic carbocycles. The molecule has 1 aliphatic rings. The maximum absolute atomic E-state index is 6.00. The van der Waals surface area contributed by atoms with E-state index in [1.807, 2.05) is 18.3 Å². The van der Waals surface area contributed by atoms with E-state index in [-0.39, 0.29) is 0 Å². The van der Waals surface area contributed by atoms with Gasteiger partial charge in [0, 0.05) is 35.5 Å². The van der Waals surface area contributed by atoms with Crippen LogP contribution < -0.4 is 4.74 Å². The highest BCUT2D eigenvalue weighted by Crippen LogP contribution is 2.33. The van der Waals surface area contributed by atoms with Gasteiger partial charge in [-0.05, 0) is 60.5 Å². The molecule has 37 heavy (non-hydrogen) atoms. The maximum Gasteiger partial charge on any atom is 0.159 e. The number of ether oxygens (including phenoxy) is 1. The van der Waals surface area contributed by atoms with E-state index in [4.69, 9.17) is 9.72 Å². The number of H-pyrrole nitrogens is 2. The SMILES string of the molecule is c1cc(-c2cncc3[nH]c(-c4n[nH]c5cnc(-c6cncc(OCCN7CCCC7)c6)cc45)nc23)cs1. The molecule has 0 radical (unpaired) electrons. The number of hydrogen-bond acceptors (Lipinski definition) is 8. The number of imidazole rings is 1. The normalized spacial score (nSPS) is 14.2. The van der Waals surface area contributed by atoms with Gasteiger partial charge in [-0.2, -0.15) is 16.4 Å². The third-order valence-electron chi connectivity index (χ3n) is 6.78. The van der Waals surface area contributed by atoms with E-state index in [0.29, 0.717) is 12.4 Å².